The Bertz CT molecular complexity index is 795. The molecule has 0 heterocycles. The molecule has 0 unspecified atom stereocenters. The van der Waals surface area contributed by atoms with Crippen molar-refractivity contribution in [3.05, 3.63) is 57.5 Å². The first-order valence-corrected chi connectivity index (χ1v) is 9.84. The van der Waals surface area contributed by atoms with E-state index in [1.165, 1.54) is 36.4 Å². The zero-order valence-electron chi connectivity index (χ0n) is 11.3. The van der Waals surface area contributed by atoms with Gasteiger partial charge in [0.1, 0.15) is 20.2 Å². The van der Waals surface area contributed by atoms with Crippen LogP contribution in [0.2, 0.25) is 0 Å². The molecule has 2 aromatic rings. The van der Waals surface area contributed by atoms with Crippen molar-refractivity contribution in [3.8, 4) is 0 Å². The largest absolute Gasteiger partial charge is 2.00 e. The van der Waals surface area contributed by atoms with Crippen LogP contribution >= 0.6 is 31.9 Å². The summed E-state index contributed by atoms with van der Waals surface area (Å²) in [6.45, 7) is 0. The summed E-state index contributed by atoms with van der Waals surface area (Å²) < 4.78 is 63.4. The van der Waals surface area contributed by atoms with Gasteiger partial charge in [0.05, 0.1) is 9.79 Å². The van der Waals surface area contributed by atoms with Crippen LogP contribution in [-0.2, 0) is 20.2 Å². The average molecular weight is 609 g/mol. The third kappa shape index (κ3) is 8.14. The minimum absolute atomic E-state index is 0. The normalized spacial score (nSPS) is 11.0. The minimum atomic E-state index is -4.33. The quantitative estimate of drug-likeness (QED) is 0.382. The molecule has 120 valence electrons. The summed E-state index contributed by atoms with van der Waals surface area (Å²) in [5.74, 6) is 0. The molecule has 0 saturated heterocycles. The van der Waals surface area contributed by atoms with Crippen molar-refractivity contribution in [2.24, 2.45) is 0 Å². The Kier molecular flexibility index (Phi) is 10.4. The Labute approximate surface area is 191 Å². The molecule has 6 nitrogen and oxygen atoms in total. The molecule has 0 fully saturated rings. The van der Waals surface area contributed by atoms with Crippen LogP contribution < -0.4 is 0 Å². The molecule has 0 spiro atoms. The van der Waals surface area contributed by atoms with Gasteiger partial charge in [0, 0.05) is 8.95 Å². The average Bonchev–Trinajstić information content (AvgIpc) is 2.37. The fraction of sp³-hybridized carbons (Fsp3) is 0. The predicted molar refractivity (Wildman–Crippen MR) is 90.0 cm³/mol. The summed E-state index contributed by atoms with van der Waals surface area (Å²) in [6, 6.07) is 11.8. The molecule has 0 bridgehead atoms. The molecule has 0 saturated carbocycles. The molecule has 0 atom stereocenters. The van der Waals surface area contributed by atoms with Crippen molar-refractivity contribution < 1.29 is 25.9 Å². The zero-order chi connectivity index (χ0) is 17.0. The number of hydrogen-bond acceptors (Lipinski definition) is 6. The monoisotopic (exact) mass is 608 g/mol. The molecular weight excluding hydrogens is 601 g/mol. The van der Waals surface area contributed by atoms with Crippen LogP contribution in [0.1, 0.15) is 0 Å². The van der Waals surface area contributed by atoms with Gasteiger partial charge in [-0.05, 0) is 56.1 Å². The first kappa shape index (κ1) is 23.8. The number of rotatable bonds is 2. The summed E-state index contributed by atoms with van der Waals surface area (Å²) in [5, 5.41) is 0. The molecule has 0 aliphatic carbocycles. The first-order chi connectivity index (χ1) is 10.0. The SMILES string of the molecule is O=S(=O)([O-])c1ccccc1Br.O=S(=O)([O-])c1ccccc1Br.[Ba+2]. The van der Waals surface area contributed by atoms with E-state index in [4.69, 9.17) is 0 Å². The molecule has 0 aliphatic rings. The van der Waals surface area contributed by atoms with Crippen LogP contribution in [0, 0.1) is 0 Å². The fourth-order valence-electron chi connectivity index (χ4n) is 1.29. The maximum Gasteiger partial charge on any atom is 2.00 e. The van der Waals surface area contributed by atoms with E-state index in [1.54, 1.807) is 12.1 Å². The van der Waals surface area contributed by atoms with Gasteiger partial charge in [-0.15, -0.1) is 0 Å². The summed E-state index contributed by atoms with van der Waals surface area (Å²) in [7, 11) is -8.66. The summed E-state index contributed by atoms with van der Waals surface area (Å²) in [4.78, 5) is -0.444. The van der Waals surface area contributed by atoms with Crippen molar-refractivity contribution in [3.63, 3.8) is 0 Å². The molecule has 0 N–H and O–H groups in total. The smallest absolute Gasteiger partial charge is 0.744 e. The minimum Gasteiger partial charge on any atom is -0.744 e. The number of benzene rings is 2. The van der Waals surface area contributed by atoms with E-state index >= 15 is 0 Å². The van der Waals surface area contributed by atoms with E-state index < -0.39 is 20.2 Å². The van der Waals surface area contributed by atoms with E-state index in [-0.39, 0.29) is 58.7 Å². The van der Waals surface area contributed by atoms with Crippen molar-refractivity contribution in [1.29, 1.82) is 0 Å². The predicted octanol–water partition coefficient (Wildman–Crippen LogP) is 2.33. The van der Waals surface area contributed by atoms with E-state index in [0.29, 0.717) is 8.95 Å². The molecular formula is C12H8BaBr2O6S2. The second-order valence-corrected chi connectivity index (χ2v) is 8.17. The van der Waals surface area contributed by atoms with Crippen molar-refractivity contribution in [1.82, 2.24) is 0 Å². The summed E-state index contributed by atoms with van der Waals surface area (Å²) >= 11 is 5.91. The zero-order valence-corrected chi connectivity index (χ0v) is 20.6. The maximum absolute atomic E-state index is 10.5. The topological polar surface area (TPSA) is 114 Å². The van der Waals surface area contributed by atoms with Gasteiger partial charge in [-0.2, -0.15) is 0 Å². The number of hydrogen-bond donors (Lipinski definition) is 0. The Balaban J connectivity index is 0.000000403. The van der Waals surface area contributed by atoms with Gasteiger partial charge >= 0.3 is 48.9 Å². The molecule has 0 aromatic heterocycles. The Morgan fingerprint density at radius 3 is 1.09 bits per heavy atom. The molecule has 0 aliphatic heterocycles. The van der Waals surface area contributed by atoms with E-state index in [0.717, 1.165) is 0 Å². The van der Waals surface area contributed by atoms with Gasteiger partial charge in [0.15, 0.2) is 0 Å². The van der Waals surface area contributed by atoms with Crippen LogP contribution in [0.4, 0.5) is 0 Å². The van der Waals surface area contributed by atoms with E-state index in [2.05, 4.69) is 31.9 Å². The van der Waals surface area contributed by atoms with Gasteiger partial charge in [-0.1, -0.05) is 24.3 Å². The van der Waals surface area contributed by atoms with Gasteiger partial charge in [0.2, 0.25) is 0 Å². The second-order valence-electron chi connectivity index (χ2n) is 3.77. The van der Waals surface area contributed by atoms with Gasteiger partial charge in [0.25, 0.3) is 0 Å². The van der Waals surface area contributed by atoms with Crippen LogP contribution in [-0.4, -0.2) is 74.8 Å². The van der Waals surface area contributed by atoms with Crippen molar-refractivity contribution in [2.45, 2.75) is 9.79 Å². The fourth-order valence-corrected chi connectivity index (χ4v) is 4.16. The van der Waals surface area contributed by atoms with Gasteiger partial charge in [-0.25, -0.2) is 16.8 Å². The Hall–Kier alpha value is 0.791. The molecule has 11 heteroatoms. The maximum atomic E-state index is 10.5. The molecule has 23 heavy (non-hydrogen) atoms. The Morgan fingerprint density at radius 1 is 0.652 bits per heavy atom. The summed E-state index contributed by atoms with van der Waals surface area (Å²) in [5.41, 5.74) is 0. The third-order valence-corrected chi connectivity index (χ3v) is 5.91. The Morgan fingerprint density at radius 2 is 0.913 bits per heavy atom. The van der Waals surface area contributed by atoms with Crippen molar-refractivity contribution in [2.75, 3.05) is 0 Å². The standard InChI is InChI=1S/2C6H5BrO3S.Ba/c2*7-5-3-1-2-4-6(5)11(8,9)10;/h2*1-4H,(H,8,9,10);/q;;+2/p-2. The molecule has 2 rings (SSSR count). The van der Waals surface area contributed by atoms with E-state index in [9.17, 15) is 25.9 Å². The third-order valence-electron chi connectivity index (χ3n) is 2.21. The first-order valence-electron chi connectivity index (χ1n) is 5.44. The molecule has 2 aromatic carbocycles. The van der Waals surface area contributed by atoms with Crippen LogP contribution in [0.25, 0.3) is 0 Å². The summed E-state index contributed by atoms with van der Waals surface area (Å²) in [6.07, 6.45) is 0. The number of halogens is 2. The van der Waals surface area contributed by atoms with Crippen LogP contribution in [0.3, 0.4) is 0 Å². The van der Waals surface area contributed by atoms with Crippen LogP contribution in [0.5, 0.6) is 0 Å². The van der Waals surface area contributed by atoms with Gasteiger partial charge in [-0.3, -0.25) is 0 Å². The van der Waals surface area contributed by atoms with Gasteiger partial charge < -0.3 is 9.11 Å². The van der Waals surface area contributed by atoms with E-state index in [1.807, 2.05) is 0 Å². The second kappa shape index (κ2) is 10.1. The van der Waals surface area contributed by atoms with Crippen LogP contribution in [0.15, 0.2) is 67.3 Å². The molecule has 0 radical (unpaired) electrons. The molecule has 0 amide bonds. The van der Waals surface area contributed by atoms with Crippen molar-refractivity contribution >= 4 is 101 Å².